The molecule has 1 saturated heterocycles. The average Bonchev–Trinajstić information content (AvgIpc) is 2.75. The van der Waals surface area contributed by atoms with Gasteiger partial charge in [0.15, 0.2) is 0 Å². The molecular formula is C21H36N6O3S. The lowest BCUT2D eigenvalue weighted by Gasteiger charge is -2.33. The van der Waals surface area contributed by atoms with E-state index >= 15 is 0 Å². The number of rotatable bonds is 7. The van der Waals surface area contributed by atoms with Crippen molar-refractivity contribution in [1.82, 2.24) is 19.6 Å². The topological polar surface area (TPSA) is 111 Å². The first-order valence-corrected chi connectivity index (χ1v) is 13.3. The summed E-state index contributed by atoms with van der Waals surface area (Å²) in [6.45, 7) is 4.05. The van der Waals surface area contributed by atoms with E-state index < -0.39 is 16.1 Å². The van der Waals surface area contributed by atoms with Crippen molar-refractivity contribution in [2.75, 3.05) is 55.7 Å². The molecule has 2 atom stereocenters. The van der Waals surface area contributed by atoms with Gasteiger partial charge in [0.25, 0.3) is 0 Å². The van der Waals surface area contributed by atoms with Crippen molar-refractivity contribution in [1.29, 1.82) is 0 Å². The van der Waals surface area contributed by atoms with Crippen LogP contribution in [-0.4, -0.2) is 86.1 Å². The van der Waals surface area contributed by atoms with Crippen molar-refractivity contribution in [2.24, 2.45) is 0 Å². The van der Waals surface area contributed by atoms with Crippen LogP contribution in [0.25, 0.3) is 0 Å². The number of aliphatic hydroxyl groups excluding tert-OH is 1. The van der Waals surface area contributed by atoms with Gasteiger partial charge in [-0.05, 0) is 45.6 Å². The summed E-state index contributed by atoms with van der Waals surface area (Å²) in [5.74, 6) is 1.49. The molecule has 0 radical (unpaired) electrons. The van der Waals surface area contributed by atoms with E-state index in [2.05, 4.69) is 26.9 Å². The lowest BCUT2D eigenvalue weighted by Crippen LogP contribution is -2.46. The highest BCUT2D eigenvalue weighted by Gasteiger charge is 2.27. The summed E-state index contributed by atoms with van der Waals surface area (Å²) in [6.07, 6.45) is 6.80. The Hall–Kier alpha value is -1.49. The Morgan fingerprint density at radius 1 is 1.03 bits per heavy atom. The van der Waals surface area contributed by atoms with Gasteiger partial charge in [-0.3, -0.25) is 0 Å². The quantitative estimate of drug-likeness (QED) is 0.556. The molecule has 0 aromatic carbocycles. The first-order chi connectivity index (χ1) is 14.9. The molecule has 3 N–H and O–H groups in total. The highest BCUT2D eigenvalue weighted by Crippen LogP contribution is 2.28. The molecule has 31 heavy (non-hydrogen) atoms. The minimum atomic E-state index is -3.47. The van der Waals surface area contributed by atoms with Crippen LogP contribution < -0.4 is 14.9 Å². The molecule has 1 aromatic rings. The number of likely N-dealkylation sites (N-methyl/N-ethyl adjacent to an activating group) is 1. The molecule has 174 valence electrons. The highest BCUT2D eigenvalue weighted by atomic mass is 32.2. The normalized spacial score (nSPS) is 25.3. The first kappa shape index (κ1) is 22.7. The van der Waals surface area contributed by atoms with Gasteiger partial charge >= 0.3 is 0 Å². The second-order valence-electron chi connectivity index (χ2n) is 9.12. The van der Waals surface area contributed by atoms with Crippen LogP contribution in [0.3, 0.4) is 0 Å². The number of hydrogen-bond acceptors (Lipinski definition) is 8. The summed E-state index contributed by atoms with van der Waals surface area (Å²) in [7, 11) is -1.35. The zero-order valence-corrected chi connectivity index (χ0v) is 19.3. The molecule has 1 saturated carbocycles. The van der Waals surface area contributed by atoms with Crippen molar-refractivity contribution in [3.63, 3.8) is 0 Å². The number of anilines is 2. The third-order valence-electron chi connectivity index (χ3n) is 6.68. The standard InChI is InChI=1S/C21H36N6O3S/c1-26-11-13-27(14-12-26)21-23-17-7-3-2-6-16(17)20(24-21)22-10-15-31(29,30)25-18-8-4-5-9-19(18)28/h18-19,25,28H,2-15H2,1H3,(H,22,23,24). The molecule has 0 spiro atoms. The van der Waals surface area contributed by atoms with E-state index in [1.54, 1.807) is 0 Å². The van der Waals surface area contributed by atoms with Gasteiger partial charge in [-0.15, -0.1) is 0 Å². The molecule has 3 aliphatic rings. The van der Waals surface area contributed by atoms with Crippen LogP contribution in [0.15, 0.2) is 0 Å². The maximum atomic E-state index is 12.6. The number of piperazine rings is 1. The molecule has 4 rings (SSSR count). The Labute approximate surface area is 185 Å². The Morgan fingerprint density at radius 3 is 2.55 bits per heavy atom. The number of aromatic nitrogens is 2. The van der Waals surface area contributed by atoms with Crippen molar-refractivity contribution in [3.05, 3.63) is 11.3 Å². The fourth-order valence-electron chi connectivity index (χ4n) is 4.72. The van der Waals surface area contributed by atoms with Crippen LogP contribution in [0, 0.1) is 0 Å². The van der Waals surface area contributed by atoms with Crippen LogP contribution in [0.2, 0.25) is 0 Å². The Kier molecular flexibility index (Phi) is 7.30. The number of hydrogen-bond donors (Lipinski definition) is 3. The van der Waals surface area contributed by atoms with Crippen LogP contribution in [0.5, 0.6) is 0 Å². The predicted molar refractivity (Wildman–Crippen MR) is 122 cm³/mol. The fraction of sp³-hybridized carbons (Fsp3) is 0.810. The molecule has 2 heterocycles. The Morgan fingerprint density at radius 2 is 1.77 bits per heavy atom. The number of fused-ring (bicyclic) bond motifs is 1. The van der Waals surface area contributed by atoms with Gasteiger partial charge in [-0.25, -0.2) is 18.1 Å². The molecule has 0 bridgehead atoms. The molecule has 0 amide bonds. The zero-order valence-electron chi connectivity index (χ0n) is 18.5. The van der Waals surface area contributed by atoms with Crippen LogP contribution in [0.4, 0.5) is 11.8 Å². The van der Waals surface area contributed by atoms with Gasteiger partial charge in [0.1, 0.15) is 5.82 Å². The van der Waals surface area contributed by atoms with Crippen molar-refractivity contribution >= 4 is 21.8 Å². The van der Waals surface area contributed by atoms with Crippen LogP contribution in [-0.2, 0) is 22.9 Å². The van der Waals surface area contributed by atoms with Gasteiger partial charge in [0, 0.05) is 44.3 Å². The van der Waals surface area contributed by atoms with Gasteiger partial charge in [0.05, 0.1) is 17.6 Å². The Bertz CT molecular complexity index is 857. The number of aliphatic hydroxyl groups is 1. The summed E-state index contributed by atoms with van der Waals surface area (Å²) >= 11 is 0. The lowest BCUT2D eigenvalue weighted by atomic mass is 9.93. The summed E-state index contributed by atoms with van der Waals surface area (Å²) in [6, 6.07) is -0.366. The van der Waals surface area contributed by atoms with E-state index in [0.717, 1.165) is 87.7 Å². The molecular weight excluding hydrogens is 416 g/mol. The third kappa shape index (κ3) is 5.85. The molecule has 2 aliphatic carbocycles. The minimum Gasteiger partial charge on any atom is -0.391 e. The van der Waals surface area contributed by atoms with Crippen molar-refractivity contribution in [3.8, 4) is 0 Å². The zero-order chi connectivity index (χ0) is 21.8. The first-order valence-electron chi connectivity index (χ1n) is 11.7. The van der Waals surface area contributed by atoms with Crippen LogP contribution >= 0.6 is 0 Å². The van der Waals surface area contributed by atoms with Crippen LogP contribution in [0.1, 0.15) is 49.8 Å². The number of sulfonamides is 1. The number of aryl methyl sites for hydroxylation is 1. The average molecular weight is 453 g/mol. The molecule has 10 heteroatoms. The third-order valence-corrected chi connectivity index (χ3v) is 8.08. The van der Waals surface area contributed by atoms with E-state index in [-0.39, 0.29) is 18.3 Å². The largest absolute Gasteiger partial charge is 0.391 e. The molecule has 9 nitrogen and oxygen atoms in total. The number of nitrogens with zero attached hydrogens (tertiary/aromatic N) is 4. The second kappa shape index (κ2) is 9.97. The lowest BCUT2D eigenvalue weighted by molar-refractivity contribution is 0.101. The fourth-order valence-corrected chi connectivity index (χ4v) is 5.94. The van der Waals surface area contributed by atoms with E-state index in [1.807, 2.05) is 0 Å². The maximum Gasteiger partial charge on any atom is 0.227 e. The molecule has 2 fully saturated rings. The molecule has 2 unspecified atom stereocenters. The Balaban J connectivity index is 1.41. The SMILES string of the molecule is CN1CCN(c2nc3c(c(NCCS(=O)(=O)NC4CCCCC4O)n2)CCCC3)CC1. The predicted octanol–water partition coefficient (Wildman–Crippen LogP) is 0.742. The number of nitrogens with one attached hydrogen (secondary N) is 2. The van der Waals surface area contributed by atoms with Gasteiger partial charge < -0.3 is 20.2 Å². The summed E-state index contributed by atoms with van der Waals surface area (Å²) in [5, 5.41) is 13.4. The van der Waals surface area contributed by atoms with Gasteiger partial charge in [0.2, 0.25) is 16.0 Å². The second-order valence-corrected chi connectivity index (χ2v) is 11.0. The summed E-state index contributed by atoms with van der Waals surface area (Å²) in [4.78, 5) is 14.2. The van der Waals surface area contributed by atoms with Crippen molar-refractivity contribution in [2.45, 2.75) is 63.5 Å². The monoisotopic (exact) mass is 452 g/mol. The summed E-state index contributed by atoms with van der Waals surface area (Å²) in [5.41, 5.74) is 2.24. The van der Waals surface area contributed by atoms with Crippen molar-refractivity contribution < 1.29 is 13.5 Å². The van der Waals surface area contributed by atoms with E-state index in [9.17, 15) is 13.5 Å². The minimum absolute atomic E-state index is 0.0428. The van der Waals surface area contributed by atoms with Gasteiger partial charge in [-0.1, -0.05) is 12.8 Å². The maximum absolute atomic E-state index is 12.6. The molecule has 1 aromatic heterocycles. The van der Waals surface area contributed by atoms with E-state index in [4.69, 9.17) is 9.97 Å². The van der Waals surface area contributed by atoms with E-state index in [0.29, 0.717) is 12.8 Å². The van der Waals surface area contributed by atoms with E-state index in [1.165, 1.54) is 0 Å². The highest BCUT2D eigenvalue weighted by molar-refractivity contribution is 7.89. The van der Waals surface area contributed by atoms with Gasteiger partial charge in [-0.2, -0.15) is 4.98 Å². The molecule has 1 aliphatic heterocycles. The summed E-state index contributed by atoms with van der Waals surface area (Å²) < 4.78 is 27.8. The smallest absolute Gasteiger partial charge is 0.227 e.